The predicted molar refractivity (Wildman–Crippen MR) is 241 cm³/mol. The van der Waals surface area contributed by atoms with Gasteiger partial charge in [0.05, 0.1) is 52.6 Å². The number of aromatic nitrogens is 4. The molecule has 0 saturated heterocycles. The second kappa shape index (κ2) is 14.6. The lowest BCUT2D eigenvalue weighted by Crippen LogP contribution is -2.31. The predicted octanol–water partition coefficient (Wildman–Crippen LogP) is 13.5. The Balaban J connectivity index is 1.16. The second-order valence-electron chi connectivity index (χ2n) is 15.1. The number of pyridine rings is 1. The maximum absolute atomic E-state index is 9.35. The van der Waals surface area contributed by atoms with Gasteiger partial charge in [-0.1, -0.05) is 155 Å². The third-order valence-corrected chi connectivity index (χ3v) is 10.6. The fraction of sp³-hybridized carbons (Fsp3) is 0.111. The zero-order valence-corrected chi connectivity index (χ0v) is 32.5. The molecular formula is C54H44N4O. The average molecular weight is 780 g/mol. The summed E-state index contributed by atoms with van der Waals surface area (Å²) in [5.74, 6) is -0.0106. The Hall–Kier alpha value is -7.24. The number of fused-ring (bicyclic) bond motifs is 4. The van der Waals surface area contributed by atoms with Crippen molar-refractivity contribution in [1.29, 1.82) is 0 Å². The average Bonchev–Trinajstić information content (AvgIpc) is 3.96. The van der Waals surface area contributed by atoms with E-state index >= 15 is 0 Å². The summed E-state index contributed by atoms with van der Waals surface area (Å²) in [6.45, 7) is 7.74. The molecule has 5 heteroatoms. The minimum Gasteiger partial charge on any atom is -0.458 e. The third-order valence-electron chi connectivity index (χ3n) is 10.6. The number of para-hydroxylation sites is 4. The van der Waals surface area contributed by atoms with Crippen molar-refractivity contribution in [2.45, 2.75) is 33.6 Å². The van der Waals surface area contributed by atoms with Gasteiger partial charge < -0.3 is 4.74 Å². The molecule has 0 N–H and O–H groups in total. The summed E-state index contributed by atoms with van der Waals surface area (Å²) in [5.41, 5.74) is 2.46. The van der Waals surface area contributed by atoms with Crippen molar-refractivity contribution in [2.75, 3.05) is 0 Å². The van der Waals surface area contributed by atoms with Crippen LogP contribution in [-0.4, -0.2) is 14.1 Å². The summed E-state index contributed by atoms with van der Waals surface area (Å²) in [7, 11) is 0. The fourth-order valence-corrected chi connectivity index (χ4v) is 7.40. The lowest BCUT2D eigenvalue weighted by Gasteiger charge is -2.27. The van der Waals surface area contributed by atoms with Crippen molar-refractivity contribution in [3.05, 3.63) is 200 Å². The first-order valence-electron chi connectivity index (χ1n) is 26.5. The van der Waals surface area contributed by atoms with E-state index in [1.165, 1.54) is 6.07 Å². The van der Waals surface area contributed by atoms with E-state index in [0.29, 0.717) is 55.9 Å². The van der Waals surface area contributed by atoms with Gasteiger partial charge in [-0.15, -0.1) is 0 Å². The van der Waals surface area contributed by atoms with Crippen LogP contribution in [0.1, 0.15) is 59.7 Å². The van der Waals surface area contributed by atoms with Gasteiger partial charge in [0.1, 0.15) is 17.3 Å². The monoisotopic (exact) mass is 779 g/mol. The molecule has 10 aromatic rings. The van der Waals surface area contributed by atoms with Crippen LogP contribution in [0.3, 0.4) is 0 Å². The Bertz CT molecular complexity index is 3880. The molecule has 0 bridgehead atoms. The molecule has 10 rings (SSSR count). The normalized spacial score (nSPS) is 16.4. The molecule has 0 radical (unpaired) electrons. The molecule has 7 aromatic carbocycles. The molecule has 3 heterocycles. The lowest BCUT2D eigenvalue weighted by molar-refractivity contribution is -0.571. The van der Waals surface area contributed by atoms with Crippen molar-refractivity contribution in [3.63, 3.8) is 0 Å². The minimum atomic E-state index is -1.07. The van der Waals surface area contributed by atoms with Crippen LogP contribution in [0.5, 0.6) is 11.5 Å². The van der Waals surface area contributed by atoms with Gasteiger partial charge in [-0.2, -0.15) is 0 Å². The first kappa shape index (κ1) is 23.2. The van der Waals surface area contributed by atoms with Crippen molar-refractivity contribution in [3.8, 4) is 50.9 Å². The fourth-order valence-electron chi connectivity index (χ4n) is 7.40. The minimum absolute atomic E-state index is 0.109. The molecule has 3 aromatic heterocycles. The molecule has 0 amide bonds. The summed E-state index contributed by atoms with van der Waals surface area (Å²) >= 11 is 0. The van der Waals surface area contributed by atoms with Gasteiger partial charge in [-0.05, 0) is 87.6 Å². The summed E-state index contributed by atoms with van der Waals surface area (Å²) < 4.78 is 143. The first-order valence-corrected chi connectivity index (χ1v) is 19.0. The molecule has 0 saturated carbocycles. The summed E-state index contributed by atoms with van der Waals surface area (Å²) in [4.78, 5) is 4.68. The topological polar surface area (TPSA) is 35.9 Å². The Kier molecular flexibility index (Phi) is 5.75. The molecule has 1 unspecified atom stereocenters. The van der Waals surface area contributed by atoms with Crippen molar-refractivity contribution in [2.24, 2.45) is 5.41 Å². The van der Waals surface area contributed by atoms with E-state index in [0.717, 1.165) is 0 Å². The van der Waals surface area contributed by atoms with Crippen molar-refractivity contribution in [1.82, 2.24) is 14.1 Å². The van der Waals surface area contributed by atoms with Crippen molar-refractivity contribution < 1.29 is 29.9 Å². The lowest BCUT2D eigenvalue weighted by atomic mass is 9.78. The van der Waals surface area contributed by atoms with E-state index in [9.17, 15) is 1.37 Å². The molecule has 5 nitrogen and oxygen atoms in total. The van der Waals surface area contributed by atoms with Gasteiger partial charge >= 0.3 is 0 Å². The standard InChI is InChI=1S/C54H44N4O/c1-37(54(2,3)4)40-31-32-55-52(33-40)58-48-26-12-11-23-46(48)47-30-29-43(35-51(47)58)59-42-22-15-21-41(34-42)56-36-57(50-28-14-13-27-49(50)56)53-44(38-17-7-5-8-18-38)24-16-25-45(53)39-19-9-6-10-20-39/h5-35,37H,1-4H3/i5D,6D,7D,8D,9D,10D,11D,12D,17D,18D,19D,20D,23D,26D,37D. The maximum atomic E-state index is 9.35. The quantitative estimate of drug-likeness (QED) is 0.114. The van der Waals surface area contributed by atoms with Crippen LogP contribution in [0.25, 0.3) is 72.3 Å². The molecule has 0 aliphatic carbocycles. The highest BCUT2D eigenvalue weighted by atomic mass is 16.5. The Morgan fingerprint density at radius 1 is 0.661 bits per heavy atom. The summed E-state index contributed by atoms with van der Waals surface area (Å²) in [6.07, 6.45) is 4.98. The van der Waals surface area contributed by atoms with Gasteiger partial charge in [-0.25, -0.2) is 4.98 Å². The number of hydrogen-bond donors (Lipinski definition) is 0. The van der Waals surface area contributed by atoms with E-state index in [1.807, 2.05) is 33.8 Å². The van der Waals surface area contributed by atoms with E-state index in [4.69, 9.17) is 23.9 Å². The van der Waals surface area contributed by atoms with Gasteiger partial charge in [0.15, 0.2) is 0 Å². The van der Waals surface area contributed by atoms with Crippen LogP contribution in [0, 0.1) is 11.7 Å². The van der Waals surface area contributed by atoms with Gasteiger partial charge in [-0.3, -0.25) is 13.7 Å². The highest BCUT2D eigenvalue weighted by molar-refractivity contribution is 6.09. The molecule has 59 heavy (non-hydrogen) atoms. The smallest absolute Gasteiger partial charge is 0.269 e. The second-order valence-corrected chi connectivity index (χ2v) is 15.1. The number of rotatable bonds is 8. The Morgan fingerprint density at radius 2 is 1.34 bits per heavy atom. The van der Waals surface area contributed by atoms with Crippen LogP contribution in [0.4, 0.5) is 0 Å². The van der Waals surface area contributed by atoms with Crippen LogP contribution >= 0.6 is 0 Å². The maximum Gasteiger partial charge on any atom is 0.269 e. The van der Waals surface area contributed by atoms with E-state index in [-0.39, 0.29) is 51.6 Å². The molecule has 0 fully saturated rings. The largest absolute Gasteiger partial charge is 0.458 e. The van der Waals surface area contributed by atoms with Crippen molar-refractivity contribution >= 4 is 32.8 Å². The highest BCUT2D eigenvalue weighted by Gasteiger charge is 2.24. The summed E-state index contributed by atoms with van der Waals surface area (Å²) in [6, 6.07) is 20.8. The number of nitrogens with zero attached hydrogens (tertiary/aromatic N) is 4. The van der Waals surface area contributed by atoms with E-state index in [1.54, 1.807) is 105 Å². The number of ether oxygens (including phenoxy) is 1. The van der Waals surface area contributed by atoms with E-state index < -0.39 is 77.8 Å². The number of benzene rings is 7. The zero-order chi connectivity index (χ0) is 53.2. The zero-order valence-electron chi connectivity index (χ0n) is 47.5. The van der Waals surface area contributed by atoms with Crippen LogP contribution in [0.15, 0.2) is 188 Å². The van der Waals surface area contributed by atoms with Gasteiger partial charge in [0.25, 0.3) is 6.33 Å². The van der Waals surface area contributed by atoms with Crippen LogP contribution in [-0.2, 0) is 0 Å². The molecule has 0 aliphatic rings. The highest BCUT2D eigenvalue weighted by Crippen LogP contribution is 2.39. The molecule has 286 valence electrons. The molecular weight excluding hydrogens is 721 g/mol. The Morgan fingerprint density at radius 3 is 2.08 bits per heavy atom. The van der Waals surface area contributed by atoms with Gasteiger partial charge in [0.2, 0.25) is 0 Å². The molecule has 0 spiro atoms. The first-order chi connectivity index (χ1) is 35.0. The Labute approximate surface area is 366 Å². The number of hydrogen-bond acceptors (Lipinski definition) is 2. The van der Waals surface area contributed by atoms with Crippen LogP contribution < -0.4 is 9.30 Å². The molecule has 0 aliphatic heterocycles. The van der Waals surface area contributed by atoms with E-state index in [2.05, 4.69) is 11.3 Å². The third kappa shape index (κ3) is 6.55. The molecule has 1 atom stereocenters. The van der Waals surface area contributed by atoms with Gasteiger partial charge in [0, 0.05) is 24.4 Å². The van der Waals surface area contributed by atoms with Crippen LogP contribution in [0.2, 0.25) is 0 Å². The number of imidazole rings is 1. The SMILES string of the molecule is [2H]c1c([2H])c([2H])c(-c2cccc(-c3c([2H])c([2H])c([2H])c([2H])c3[2H])c2-[n+]2[c-]n(-c3cccc(Oc4ccc5c6c([2H])c([2H])c([2H])c([2H])c6n(-c6cc(C([2H])(C)C(C)(C)C)ccn6)c5c4)c3)c3ccccc32)c([2H])c1[2H]. The summed E-state index contributed by atoms with van der Waals surface area (Å²) in [5, 5.41) is 0.817.